The average molecular weight is 627 g/mol. The van der Waals surface area contributed by atoms with Crippen molar-refractivity contribution in [1.29, 1.82) is 0 Å². The van der Waals surface area contributed by atoms with Crippen molar-refractivity contribution in [2.45, 2.75) is 35.9 Å². The lowest BCUT2D eigenvalue weighted by molar-refractivity contribution is -0.132. The summed E-state index contributed by atoms with van der Waals surface area (Å²) < 4.78 is 6.32. The Balaban J connectivity index is 1.49. The van der Waals surface area contributed by atoms with Gasteiger partial charge in [-0.15, -0.1) is 10.2 Å². The molecule has 0 bridgehead atoms. The lowest BCUT2D eigenvalue weighted by Gasteiger charge is -2.22. The van der Waals surface area contributed by atoms with Crippen molar-refractivity contribution in [3.8, 4) is 5.75 Å². The van der Waals surface area contributed by atoms with Gasteiger partial charge < -0.3 is 9.84 Å². The number of nitrogens with zero attached hydrogens (tertiary/aromatic N) is 3. The van der Waals surface area contributed by atoms with Crippen LogP contribution in [0.3, 0.4) is 0 Å². The molecule has 1 aliphatic rings. The Hall–Kier alpha value is -3.37. The number of hydrogen-bond donors (Lipinski definition) is 1. The molecule has 1 N–H and O–H groups in total. The normalized spacial score (nSPS) is 16.4. The fourth-order valence-corrected chi connectivity index (χ4v) is 6.69. The molecule has 4 aromatic rings. The van der Waals surface area contributed by atoms with Gasteiger partial charge in [-0.3, -0.25) is 14.5 Å². The van der Waals surface area contributed by atoms with Crippen molar-refractivity contribution in [3.63, 3.8) is 0 Å². The summed E-state index contributed by atoms with van der Waals surface area (Å²) in [5.41, 5.74) is 1.82. The number of rotatable bonds is 10. The molecule has 0 saturated carbocycles. The van der Waals surface area contributed by atoms with Gasteiger partial charge in [0.25, 0.3) is 5.78 Å². The molecule has 210 valence electrons. The van der Waals surface area contributed by atoms with Gasteiger partial charge in [-0.1, -0.05) is 90.0 Å². The van der Waals surface area contributed by atoms with Crippen LogP contribution < -0.4 is 9.64 Å². The van der Waals surface area contributed by atoms with Crippen LogP contribution in [0.4, 0.5) is 5.13 Å². The van der Waals surface area contributed by atoms with Gasteiger partial charge in [0.05, 0.1) is 18.2 Å². The summed E-state index contributed by atoms with van der Waals surface area (Å²) in [6.07, 6.45) is 1.94. The molecule has 1 saturated heterocycles. The van der Waals surface area contributed by atoms with E-state index in [-0.39, 0.29) is 16.5 Å². The number of aromatic nitrogens is 2. The predicted molar refractivity (Wildman–Crippen MR) is 164 cm³/mol. The van der Waals surface area contributed by atoms with E-state index < -0.39 is 17.7 Å². The number of hydrogen-bond acceptors (Lipinski definition) is 8. The van der Waals surface area contributed by atoms with Gasteiger partial charge in [0.15, 0.2) is 4.34 Å². The number of halogens is 2. The van der Waals surface area contributed by atoms with Gasteiger partial charge in [0.1, 0.15) is 11.5 Å². The van der Waals surface area contributed by atoms with Crippen LogP contribution in [0.25, 0.3) is 5.76 Å². The monoisotopic (exact) mass is 625 g/mol. The standard InChI is InChI=1S/C30H25Cl2N3O4S2/c1-2-3-15-39-22-13-11-18(12-14-22)26(36)24-25(19-8-6-9-21(31)16-19)35(28(38)27(24)37)29-33-34-30(41-29)40-17-20-7-4-5-10-23(20)32/h4-14,16,25,36H,2-3,15,17H2,1H3/t25-/m1/s1. The summed E-state index contributed by atoms with van der Waals surface area (Å²) in [7, 11) is 0. The molecule has 0 radical (unpaired) electrons. The number of aliphatic hydroxyl groups is 1. The molecule has 2 heterocycles. The van der Waals surface area contributed by atoms with Crippen LogP contribution in [0, 0.1) is 0 Å². The summed E-state index contributed by atoms with van der Waals surface area (Å²) in [5, 5.41) is 21.2. The van der Waals surface area contributed by atoms with Crippen molar-refractivity contribution in [2.24, 2.45) is 0 Å². The van der Waals surface area contributed by atoms with Crippen molar-refractivity contribution in [1.82, 2.24) is 10.2 Å². The summed E-state index contributed by atoms with van der Waals surface area (Å²) in [5.74, 6) is -0.722. The van der Waals surface area contributed by atoms with Gasteiger partial charge in [-0.05, 0) is 60.0 Å². The van der Waals surface area contributed by atoms with E-state index in [0.29, 0.717) is 43.6 Å². The largest absolute Gasteiger partial charge is 0.507 e. The Morgan fingerprint density at radius 2 is 1.83 bits per heavy atom. The lowest BCUT2D eigenvalue weighted by atomic mass is 9.95. The molecular weight excluding hydrogens is 601 g/mol. The maximum Gasteiger partial charge on any atom is 0.301 e. The molecule has 41 heavy (non-hydrogen) atoms. The summed E-state index contributed by atoms with van der Waals surface area (Å²) in [6.45, 7) is 2.67. The molecule has 1 fully saturated rings. The summed E-state index contributed by atoms with van der Waals surface area (Å²) >= 11 is 15.2. The number of carbonyl (C=O) groups excluding carboxylic acids is 2. The van der Waals surface area contributed by atoms with Crippen LogP contribution in [-0.4, -0.2) is 33.6 Å². The number of aliphatic hydroxyl groups excluding tert-OH is 1. The highest BCUT2D eigenvalue weighted by Crippen LogP contribution is 2.44. The summed E-state index contributed by atoms with van der Waals surface area (Å²) in [4.78, 5) is 28.2. The highest BCUT2D eigenvalue weighted by Gasteiger charge is 2.48. The molecular formula is C30H25Cl2N3O4S2. The predicted octanol–water partition coefficient (Wildman–Crippen LogP) is 7.94. The molecule has 1 aromatic heterocycles. The summed E-state index contributed by atoms with van der Waals surface area (Å²) in [6, 6.07) is 20.2. The molecule has 5 rings (SSSR count). The molecule has 3 aromatic carbocycles. The lowest BCUT2D eigenvalue weighted by Crippen LogP contribution is -2.29. The number of anilines is 1. The Labute approximate surface area is 255 Å². The second-order valence-corrected chi connectivity index (χ2v) is 12.2. The fraction of sp³-hybridized carbons (Fsp3) is 0.200. The van der Waals surface area contributed by atoms with E-state index in [2.05, 4.69) is 17.1 Å². The molecule has 7 nitrogen and oxygen atoms in total. The number of thioether (sulfide) groups is 1. The van der Waals surface area contributed by atoms with Crippen LogP contribution in [0.2, 0.25) is 10.0 Å². The van der Waals surface area contributed by atoms with E-state index in [1.54, 1.807) is 48.5 Å². The first-order valence-electron chi connectivity index (χ1n) is 12.9. The number of unbranched alkanes of at least 4 members (excludes halogenated alkanes) is 1. The van der Waals surface area contributed by atoms with Gasteiger partial charge in [0.2, 0.25) is 5.13 Å². The average Bonchev–Trinajstić information content (AvgIpc) is 3.54. The fourth-order valence-electron chi connectivity index (χ4n) is 4.33. The Morgan fingerprint density at radius 1 is 1.05 bits per heavy atom. The van der Waals surface area contributed by atoms with Crippen LogP contribution in [-0.2, 0) is 15.3 Å². The number of benzene rings is 3. The van der Waals surface area contributed by atoms with E-state index >= 15 is 0 Å². The molecule has 0 unspecified atom stereocenters. The maximum absolute atomic E-state index is 13.4. The van der Waals surface area contributed by atoms with Crippen LogP contribution in [0.1, 0.15) is 42.5 Å². The van der Waals surface area contributed by atoms with Gasteiger partial charge in [-0.2, -0.15) is 0 Å². The third-order valence-corrected chi connectivity index (χ3v) is 9.12. The molecule has 11 heteroatoms. The first kappa shape index (κ1) is 29.1. The third-order valence-electron chi connectivity index (χ3n) is 6.41. The molecule has 1 atom stereocenters. The highest BCUT2D eigenvalue weighted by molar-refractivity contribution is 8.00. The van der Waals surface area contributed by atoms with Crippen LogP contribution >= 0.6 is 46.3 Å². The Morgan fingerprint density at radius 3 is 2.56 bits per heavy atom. The van der Waals surface area contributed by atoms with E-state index in [9.17, 15) is 14.7 Å². The minimum absolute atomic E-state index is 0.0580. The van der Waals surface area contributed by atoms with Crippen LogP contribution in [0.15, 0.2) is 82.7 Å². The van der Waals surface area contributed by atoms with Gasteiger partial charge in [-0.25, -0.2) is 0 Å². The van der Waals surface area contributed by atoms with E-state index in [1.807, 2.05) is 24.3 Å². The smallest absolute Gasteiger partial charge is 0.301 e. The van der Waals surface area contributed by atoms with E-state index in [4.69, 9.17) is 27.9 Å². The first-order chi connectivity index (χ1) is 19.9. The van der Waals surface area contributed by atoms with Crippen LogP contribution in [0.5, 0.6) is 5.75 Å². The SMILES string of the molecule is CCCCOc1ccc(C(O)=C2C(=O)C(=O)N(c3nnc(SCc4ccccc4Cl)s3)[C@@H]2c2cccc(Cl)c2)cc1. The number of amides is 1. The van der Waals surface area contributed by atoms with Crippen molar-refractivity contribution in [2.75, 3.05) is 11.5 Å². The number of ether oxygens (including phenoxy) is 1. The zero-order chi connectivity index (χ0) is 28.9. The number of Topliss-reactive ketones (excluding diaryl/α,β-unsaturated/α-hetero) is 1. The van der Waals surface area contributed by atoms with E-state index in [0.717, 1.165) is 18.4 Å². The minimum atomic E-state index is -0.955. The topological polar surface area (TPSA) is 92.6 Å². The quantitative estimate of drug-likeness (QED) is 0.0477. The molecule has 1 aliphatic heterocycles. The highest BCUT2D eigenvalue weighted by atomic mass is 35.5. The van der Waals surface area contributed by atoms with E-state index in [1.165, 1.54) is 28.0 Å². The Bertz CT molecular complexity index is 1610. The first-order valence-corrected chi connectivity index (χ1v) is 15.4. The Kier molecular flexibility index (Phi) is 9.29. The molecule has 1 amide bonds. The van der Waals surface area contributed by atoms with Gasteiger partial charge in [0, 0.05) is 21.4 Å². The van der Waals surface area contributed by atoms with Gasteiger partial charge >= 0.3 is 5.91 Å². The number of carbonyl (C=O) groups is 2. The molecule has 0 spiro atoms. The second kappa shape index (κ2) is 13.1. The third kappa shape index (κ3) is 6.43. The zero-order valence-electron chi connectivity index (χ0n) is 21.9. The van der Waals surface area contributed by atoms with Crippen molar-refractivity contribution in [3.05, 3.63) is 105 Å². The molecule has 0 aliphatic carbocycles. The van der Waals surface area contributed by atoms with Crippen molar-refractivity contribution < 1.29 is 19.4 Å². The number of ketones is 1. The second-order valence-electron chi connectivity index (χ2n) is 9.18. The minimum Gasteiger partial charge on any atom is -0.507 e. The van der Waals surface area contributed by atoms with Crippen molar-refractivity contribution >= 4 is 68.9 Å². The maximum atomic E-state index is 13.4. The zero-order valence-corrected chi connectivity index (χ0v) is 25.1.